The number of nitrogens with zero attached hydrogens (tertiary/aromatic N) is 1. The monoisotopic (exact) mass is 486 g/mol. The maximum absolute atomic E-state index is 13.1. The van der Waals surface area contributed by atoms with Crippen LogP contribution in [0.4, 0.5) is 0 Å². The number of carbonyl (C=O) groups excluding carboxylic acids is 1. The second-order valence-electron chi connectivity index (χ2n) is 7.18. The van der Waals surface area contributed by atoms with Crippen LogP contribution in [0.1, 0.15) is 18.4 Å². The SMILES string of the molecule is COc1ccc(CNC(=O)[C@H]2CCCN(S(=O)(=O)c3cc(Cl)ccc3Cl)C2)cc1OC. The molecule has 168 valence electrons. The van der Waals surface area contributed by atoms with Gasteiger partial charge in [0, 0.05) is 24.7 Å². The zero-order valence-corrected chi connectivity index (χ0v) is 19.6. The van der Waals surface area contributed by atoms with Crippen LogP contribution in [-0.2, 0) is 21.4 Å². The van der Waals surface area contributed by atoms with Gasteiger partial charge in [-0.25, -0.2) is 8.42 Å². The Hall–Kier alpha value is -2.00. The van der Waals surface area contributed by atoms with E-state index in [0.717, 1.165) is 5.56 Å². The Morgan fingerprint density at radius 3 is 2.58 bits per heavy atom. The normalized spacial score (nSPS) is 17.2. The molecule has 1 heterocycles. The fourth-order valence-corrected chi connectivity index (χ4v) is 5.77. The summed E-state index contributed by atoms with van der Waals surface area (Å²) < 4.78 is 37.9. The Labute approximate surface area is 192 Å². The third-order valence-electron chi connectivity index (χ3n) is 5.18. The highest BCUT2D eigenvalue weighted by atomic mass is 35.5. The maximum Gasteiger partial charge on any atom is 0.244 e. The highest BCUT2D eigenvalue weighted by molar-refractivity contribution is 7.89. The number of ether oxygens (including phenoxy) is 2. The fraction of sp³-hybridized carbons (Fsp3) is 0.381. The van der Waals surface area contributed by atoms with Gasteiger partial charge in [0.25, 0.3) is 0 Å². The number of carbonyl (C=O) groups is 1. The molecule has 0 spiro atoms. The Kier molecular flexibility index (Phi) is 7.69. The van der Waals surface area contributed by atoms with Crippen LogP contribution in [0, 0.1) is 5.92 Å². The van der Waals surface area contributed by atoms with E-state index in [1.165, 1.54) is 22.5 Å². The summed E-state index contributed by atoms with van der Waals surface area (Å²) in [6.45, 7) is 0.704. The smallest absolute Gasteiger partial charge is 0.244 e. The molecule has 10 heteroatoms. The van der Waals surface area contributed by atoms with Crippen LogP contribution in [0.2, 0.25) is 10.0 Å². The van der Waals surface area contributed by atoms with Gasteiger partial charge in [-0.1, -0.05) is 29.3 Å². The standard InChI is InChI=1S/C21H24Cl2N2O5S/c1-29-18-8-5-14(10-19(18)30-2)12-24-21(26)15-4-3-9-25(13-15)31(27,28)20-11-16(22)6-7-17(20)23/h5-8,10-11,15H,3-4,9,12-13H2,1-2H3,(H,24,26)/t15-/m0/s1. The number of amides is 1. The summed E-state index contributed by atoms with van der Waals surface area (Å²) in [5.41, 5.74) is 0.844. The molecule has 1 saturated heterocycles. The summed E-state index contributed by atoms with van der Waals surface area (Å²) in [5.74, 6) is 0.515. The number of piperidine rings is 1. The molecule has 1 amide bonds. The minimum atomic E-state index is -3.86. The van der Waals surface area contributed by atoms with E-state index in [0.29, 0.717) is 37.4 Å². The molecule has 0 bridgehead atoms. The van der Waals surface area contributed by atoms with E-state index in [-0.39, 0.29) is 27.4 Å². The number of methoxy groups -OCH3 is 2. The topological polar surface area (TPSA) is 84.9 Å². The number of rotatable bonds is 7. The largest absolute Gasteiger partial charge is 0.493 e. The van der Waals surface area contributed by atoms with Crippen molar-refractivity contribution in [2.75, 3.05) is 27.3 Å². The number of benzene rings is 2. The van der Waals surface area contributed by atoms with Crippen molar-refractivity contribution in [3.63, 3.8) is 0 Å². The first-order chi connectivity index (χ1) is 14.8. The Morgan fingerprint density at radius 1 is 1.13 bits per heavy atom. The molecular formula is C21H24Cl2N2O5S. The molecule has 1 aliphatic heterocycles. The number of sulfonamides is 1. The van der Waals surface area contributed by atoms with Gasteiger partial charge in [0.05, 0.1) is 25.2 Å². The van der Waals surface area contributed by atoms with Gasteiger partial charge >= 0.3 is 0 Å². The van der Waals surface area contributed by atoms with Crippen LogP contribution >= 0.6 is 23.2 Å². The lowest BCUT2D eigenvalue weighted by Crippen LogP contribution is -2.45. The molecule has 1 atom stereocenters. The molecule has 0 saturated carbocycles. The average Bonchev–Trinajstić information content (AvgIpc) is 2.78. The first-order valence-electron chi connectivity index (χ1n) is 9.70. The van der Waals surface area contributed by atoms with Gasteiger partial charge in [-0.05, 0) is 48.7 Å². The molecule has 2 aromatic carbocycles. The van der Waals surface area contributed by atoms with Crippen LogP contribution in [0.15, 0.2) is 41.3 Å². The van der Waals surface area contributed by atoms with Crippen molar-refractivity contribution in [3.8, 4) is 11.5 Å². The summed E-state index contributed by atoms with van der Waals surface area (Å²) in [6.07, 6.45) is 1.18. The number of nitrogens with one attached hydrogen (secondary N) is 1. The van der Waals surface area contributed by atoms with E-state index in [4.69, 9.17) is 32.7 Å². The quantitative estimate of drug-likeness (QED) is 0.644. The summed E-state index contributed by atoms with van der Waals surface area (Å²) >= 11 is 12.1. The van der Waals surface area contributed by atoms with Crippen molar-refractivity contribution >= 4 is 39.1 Å². The second kappa shape index (κ2) is 10.1. The molecule has 7 nitrogen and oxygen atoms in total. The predicted molar refractivity (Wildman–Crippen MR) is 119 cm³/mol. The lowest BCUT2D eigenvalue weighted by molar-refractivity contribution is -0.126. The van der Waals surface area contributed by atoms with Crippen LogP contribution in [0.5, 0.6) is 11.5 Å². The van der Waals surface area contributed by atoms with Crippen molar-refractivity contribution in [3.05, 3.63) is 52.0 Å². The van der Waals surface area contributed by atoms with E-state index in [1.54, 1.807) is 26.4 Å². The minimum absolute atomic E-state index is 0.0481. The van der Waals surface area contributed by atoms with Crippen LogP contribution in [0.25, 0.3) is 0 Å². The molecule has 1 fully saturated rings. The molecule has 3 rings (SSSR count). The molecule has 1 aliphatic rings. The van der Waals surface area contributed by atoms with Gasteiger partial charge < -0.3 is 14.8 Å². The van der Waals surface area contributed by atoms with Crippen molar-refractivity contribution in [1.29, 1.82) is 0 Å². The summed E-state index contributed by atoms with van der Waals surface area (Å²) in [5, 5.41) is 3.27. The van der Waals surface area contributed by atoms with Crippen LogP contribution in [0.3, 0.4) is 0 Å². The first kappa shape index (κ1) is 23.7. The minimum Gasteiger partial charge on any atom is -0.493 e. The van der Waals surface area contributed by atoms with E-state index >= 15 is 0 Å². The second-order valence-corrected chi connectivity index (χ2v) is 9.93. The van der Waals surface area contributed by atoms with E-state index < -0.39 is 15.9 Å². The molecule has 0 aliphatic carbocycles. The van der Waals surface area contributed by atoms with Gasteiger partial charge in [-0.15, -0.1) is 0 Å². The summed E-state index contributed by atoms with van der Waals surface area (Å²) in [7, 11) is -0.760. The average molecular weight is 487 g/mol. The summed E-state index contributed by atoms with van der Waals surface area (Å²) in [6, 6.07) is 9.71. The molecular weight excluding hydrogens is 463 g/mol. The van der Waals surface area contributed by atoms with Gasteiger partial charge in [0.1, 0.15) is 4.90 Å². The van der Waals surface area contributed by atoms with Crippen molar-refractivity contribution in [2.45, 2.75) is 24.3 Å². The Balaban J connectivity index is 1.67. The van der Waals surface area contributed by atoms with Crippen molar-refractivity contribution in [2.24, 2.45) is 5.92 Å². The van der Waals surface area contributed by atoms with Crippen molar-refractivity contribution in [1.82, 2.24) is 9.62 Å². The van der Waals surface area contributed by atoms with Gasteiger partial charge in [0.2, 0.25) is 15.9 Å². The Morgan fingerprint density at radius 2 is 1.87 bits per heavy atom. The number of halogens is 2. The zero-order valence-electron chi connectivity index (χ0n) is 17.2. The molecule has 31 heavy (non-hydrogen) atoms. The molecule has 0 radical (unpaired) electrons. The van der Waals surface area contributed by atoms with Crippen LogP contribution < -0.4 is 14.8 Å². The molecule has 1 N–H and O–H groups in total. The zero-order chi connectivity index (χ0) is 22.6. The highest BCUT2D eigenvalue weighted by Gasteiger charge is 2.34. The lowest BCUT2D eigenvalue weighted by atomic mass is 9.98. The third kappa shape index (κ3) is 5.44. The molecule has 0 aromatic heterocycles. The first-order valence-corrected chi connectivity index (χ1v) is 11.9. The third-order valence-corrected chi connectivity index (χ3v) is 7.76. The highest BCUT2D eigenvalue weighted by Crippen LogP contribution is 2.31. The number of hydrogen-bond acceptors (Lipinski definition) is 5. The van der Waals surface area contributed by atoms with E-state index in [2.05, 4.69) is 5.32 Å². The number of hydrogen-bond donors (Lipinski definition) is 1. The molecule has 2 aromatic rings. The fourth-order valence-electron chi connectivity index (χ4n) is 3.51. The van der Waals surface area contributed by atoms with E-state index in [9.17, 15) is 13.2 Å². The Bertz CT molecular complexity index is 1060. The molecule has 0 unspecified atom stereocenters. The van der Waals surface area contributed by atoms with Gasteiger partial charge in [-0.2, -0.15) is 4.31 Å². The van der Waals surface area contributed by atoms with Gasteiger partial charge in [-0.3, -0.25) is 4.79 Å². The summed E-state index contributed by atoms with van der Waals surface area (Å²) in [4.78, 5) is 12.7. The maximum atomic E-state index is 13.1. The van der Waals surface area contributed by atoms with Gasteiger partial charge in [0.15, 0.2) is 11.5 Å². The van der Waals surface area contributed by atoms with E-state index in [1.807, 2.05) is 6.07 Å². The van der Waals surface area contributed by atoms with Crippen molar-refractivity contribution < 1.29 is 22.7 Å². The lowest BCUT2D eigenvalue weighted by Gasteiger charge is -2.31. The van der Waals surface area contributed by atoms with Crippen LogP contribution in [-0.4, -0.2) is 45.9 Å². The predicted octanol–water partition coefficient (Wildman–Crippen LogP) is 3.73.